The molecule has 0 aliphatic carbocycles. The summed E-state index contributed by atoms with van der Waals surface area (Å²) in [4.78, 5) is 2.17. The van der Waals surface area contributed by atoms with Gasteiger partial charge < -0.3 is 14.5 Å². The van der Waals surface area contributed by atoms with Gasteiger partial charge in [0.2, 0.25) is 0 Å². The van der Waals surface area contributed by atoms with Gasteiger partial charge in [0, 0.05) is 22.0 Å². The molecule has 0 saturated carbocycles. The van der Waals surface area contributed by atoms with Crippen LogP contribution in [-0.2, 0) is 6.54 Å². The van der Waals surface area contributed by atoms with E-state index in [1.165, 1.54) is 0 Å². The van der Waals surface area contributed by atoms with Crippen LogP contribution in [0.1, 0.15) is 5.56 Å². The average molecular weight is 396 g/mol. The van der Waals surface area contributed by atoms with E-state index >= 15 is 0 Å². The molecule has 0 aliphatic heterocycles. The highest BCUT2D eigenvalue weighted by molar-refractivity contribution is 6.31. The second-order valence-electron chi connectivity index (χ2n) is 7.80. The summed E-state index contributed by atoms with van der Waals surface area (Å²) in [6, 6.07) is 28.3. The summed E-state index contributed by atoms with van der Waals surface area (Å²) < 4.78 is 0.655. The number of hydrogen-bond acceptors (Lipinski definition) is 2. The summed E-state index contributed by atoms with van der Waals surface area (Å²) in [5.74, 6) is 0. The molecule has 0 saturated heterocycles. The summed E-state index contributed by atoms with van der Waals surface area (Å²) in [6.45, 7) is 1.92. The molecule has 3 aromatic carbocycles. The second kappa shape index (κ2) is 9.24. The van der Waals surface area contributed by atoms with E-state index in [0.717, 1.165) is 28.5 Å². The minimum absolute atomic E-state index is 0.488. The zero-order valence-electron chi connectivity index (χ0n) is 16.5. The van der Waals surface area contributed by atoms with Crippen LogP contribution in [0.4, 0.5) is 11.4 Å². The fourth-order valence-corrected chi connectivity index (χ4v) is 3.76. The van der Waals surface area contributed by atoms with Crippen LogP contribution in [0.3, 0.4) is 0 Å². The predicted octanol–water partition coefficient (Wildman–Crippen LogP) is 5.12. The number of hydrogen-bond donors (Lipinski definition) is 1. The van der Waals surface area contributed by atoms with E-state index in [0.29, 0.717) is 17.6 Å². The van der Waals surface area contributed by atoms with Crippen LogP contribution in [0.2, 0.25) is 5.02 Å². The largest absolute Gasteiger partial charge is 0.385 e. The molecular formula is C24H28ClN2O+. The molecule has 3 aromatic rings. The van der Waals surface area contributed by atoms with Crippen molar-refractivity contribution in [2.75, 3.05) is 32.1 Å². The van der Waals surface area contributed by atoms with Gasteiger partial charge in [0.1, 0.15) is 19.2 Å². The average Bonchev–Trinajstić information content (AvgIpc) is 2.69. The van der Waals surface area contributed by atoms with Crippen molar-refractivity contribution < 1.29 is 9.59 Å². The molecule has 146 valence electrons. The lowest BCUT2D eigenvalue weighted by Gasteiger charge is -2.34. The number of nitrogens with zero attached hydrogens (tertiary/aromatic N) is 2. The Balaban J connectivity index is 1.73. The lowest BCUT2D eigenvalue weighted by molar-refractivity contribution is -0.906. The fraction of sp³-hybridized carbons (Fsp3) is 0.250. The first kappa shape index (κ1) is 20.4. The van der Waals surface area contributed by atoms with Crippen LogP contribution >= 0.6 is 11.6 Å². The maximum atomic E-state index is 10.9. The van der Waals surface area contributed by atoms with Crippen LogP contribution in [0, 0.1) is 0 Å². The first-order valence-electron chi connectivity index (χ1n) is 9.56. The Labute approximate surface area is 173 Å². The van der Waals surface area contributed by atoms with Crippen molar-refractivity contribution in [3.8, 4) is 0 Å². The van der Waals surface area contributed by atoms with E-state index in [9.17, 15) is 5.11 Å². The number of para-hydroxylation sites is 2. The van der Waals surface area contributed by atoms with E-state index in [1.807, 2.05) is 54.6 Å². The maximum Gasteiger partial charge on any atom is 0.121 e. The summed E-state index contributed by atoms with van der Waals surface area (Å²) in [7, 11) is 4.25. The van der Waals surface area contributed by atoms with Gasteiger partial charge in [-0.25, -0.2) is 0 Å². The van der Waals surface area contributed by atoms with Crippen molar-refractivity contribution in [3.63, 3.8) is 0 Å². The molecule has 0 unspecified atom stereocenters. The van der Waals surface area contributed by atoms with Crippen LogP contribution in [0.25, 0.3) is 0 Å². The molecule has 4 heteroatoms. The second-order valence-corrected chi connectivity index (χ2v) is 8.21. The van der Waals surface area contributed by atoms with Crippen LogP contribution in [0.5, 0.6) is 0 Å². The molecule has 3 rings (SSSR count). The Morgan fingerprint density at radius 1 is 0.821 bits per heavy atom. The third-order valence-corrected chi connectivity index (χ3v) is 5.16. The lowest BCUT2D eigenvalue weighted by atomic mass is 10.1. The molecule has 1 atom stereocenters. The van der Waals surface area contributed by atoms with E-state index in [1.54, 1.807) is 0 Å². The fourth-order valence-electron chi connectivity index (χ4n) is 3.57. The van der Waals surface area contributed by atoms with Crippen molar-refractivity contribution in [2.45, 2.75) is 12.6 Å². The Kier molecular flexibility index (Phi) is 6.74. The number of quaternary nitrogens is 1. The molecule has 0 bridgehead atoms. The molecule has 0 spiro atoms. The SMILES string of the molecule is C[N+](C)(Cc1ccccc1Cl)C[C@@H](O)CN(c1ccccc1)c1ccccc1. The molecule has 0 aromatic heterocycles. The van der Waals surface area contributed by atoms with Gasteiger partial charge >= 0.3 is 0 Å². The van der Waals surface area contributed by atoms with Crippen molar-refractivity contribution in [2.24, 2.45) is 0 Å². The van der Waals surface area contributed by atoms with Gasteiger partial charge in [-0.1, -0.05) is 66.2 Å². The Bertz CT molecular complexity index is 829. The van der Waals surface area contributed by atoms with Crippen molar-refractivity contribution in [1.29, 1.82) is 0 Å². The Hall–Kier alpha value is -2.33. The number of anilines is 2. The number of aliphatic hydroxyl groups excluding tert-OH is 1. The number of halogens is 1. The van der Waals surface area contributed by atoms with E-state index in [2.05, 4.69) is 49.3 Å². The van der Waals surface area contributed by atoms with Gasteiger partial charge in [-0.05, 0) is 30.3 Å². The zero-order valence-corrected chi connectivity index (χ0v) is 17.3. The van der Waals surface area contributed by atoms with Crippen LogP contribution in [-0.4, -0.2) is 42.9 Å². The number of rotatable bonds is 8. The van der Waals surface area contributed by atoms with E-state index in [4.69, 9.17) is 11.6 Å². The monoisotopic (exact) mass is 395 g/mol. The van der Waals surface area contributed by atoms with Gasteiger partial charge in [-0.3, -0.25) is 0 Å². The molecule has 0 radical (unpaired) electrons. The van der Waals surface area contributed by atoms with Crippen LogP contribution < -0.4 is 4.90 Å². The molecule has 0 aliphatic rings. The summed E-state index contributed by atoms with van der Waals surface area (Å²) in [5, 5.41) is 11.7. The molecule has 28 heavy (non-hydrogen) atoms. The first-order chi connectivity index (χ1) is 13.4. The van der Waals surface area contributed by atoms with Gasteiger partial charge in [0.05, 0.1) is 20.6 Å². The highest BCUT2D eigenvalue weighted by atomic mass is 35.5. The zero-order chi connectivity index (χ0) is 20.0. The van der Waals surface area contributed by atoms with Gasteiger partial charge in [0.25, 0.3) is 0 Å². The topological polar surface area (TPSA) is 23.5 Å². The van der Waals surface area contributed by atoms with Crippen molar-refractivity contribution in [1.82, 2.24) is 0 Å². The van der Waals surface area contributed by atoms with Gasteiger partial charge in [-0.2, -0.15) is 0 Å². The predicted molar refractivity (Wildman–Crippen MR) is 118 cm³/mol. The third-order valence-electron chi connectivity index (χ3n) is 4.79. The van der Waals surface area contributed by atoms with Gasteiger partial charge in [0.15, 0.2) is 0 Å². The number of aliphatic hydroxyl groups is 1. The number of benzene rings is 3. The Morgan fingerprint density at radius 3 is 1.86 bits per heavy atom. The Morgan fingerprint density at radius 2 is 1.32 bits per heavy atom. The molecule has 3 nitrogen and oxygen atoms in total. The smallest absolute Gasteiger partial charge is 0.121 e. The quantitative estimate of drug-likeness (QED) is 0.535. The minimum atomic E-state index is -0.488. The highest BCUT2D eigenvalue weighted by Crippen LogP contribution is 2.26. The van der Waals surface area contributed by atoms with Crippen LogP contribution in [0.15, 0.2) is 84.9 Å². The standard InChI is InChI=1S/C24H28ClN2O/c1-27(2,18-20-11-9-10-16-24(20)25)19-23(28)17-26(21-12-5-3-6-13-21)22-14-7-4-8-15-22/h3-16,23,28H,17-19H2,1-2H3/q+1/t23-/m0/s1. The third kappa shape index (κ3) is 5.59. The van der Waals surface area contributed by atoms with Crippen molar-refractivity contribution in [3.05, 3.63) is 95.5 Å². The molecule has 0 heterocycles. The minimum Gasteiger partial charge on any atom is -0.385 e. The lowest BCUT2D eigenvalue weighted by Crippen LogP contribution is -2.47. The van der Waals surface area contributed by atoms with Gasteiger partial charge in [-0.15, -0.1) is 0 Å². The summed E-state index contributed by atoms with van der Waals surface area (Å²) in [6.07, 6.45) is -0.488. The summed E-state index contributed by atoms with van der Waals surface area (Å²) in [5.41, 5.74) is 3.25. The first-order valence-corrected chi connectivity index (χ1v) is 9.93. The van der Waals surface area contributed by atoms with Crippen molar-refractivity contribution >= 4 is 23.0 Å². The maximum absolute atomic E-state index is 10.9. The summed E-state index contributed by atoms with van der Waals surface area (Å²) >= 11 is 6.33. The normalized spacial score (nSPS) is 12.6. The molecular weight excluding hydrogens is 368 g/mol. The molecule has 0 fully saturated rings. The van der Waals surface area contributed by atoms with E-state index < -0.39 is 6.10 Å². The molecule has 0 amide bonds. The highest BCUT2D eigenvalue weighted by Gasteiger charge is 2.24. The van der Waals surface area contributed by atoms with E-state index in [-0.39, 0.29) is 0 Å². The number of likely N-dealkylation sites (N-methyl/N-ethyl adjacent to an activating group) is 1. The molecule has 1 N–H and O–H groups in total.